The fraction of sp³-hybridized carbons (Fsp3) is 0.533. The van der Waals surface area contributed by atoms with E-state index < -0.39 is 11.6 Å². The summed E-state index contributed by atoms with van der Waals surface area (Å²) in [5, 5.41) is 9.09. The smallest absolute Gasteiger partial charge is 0.226 e. The SMILES string of the molecule is O=C(C1CC1c1ccc(F)c(F)c1)N1CCC(CO)C1. The molecule has 1 saturated heterocycles. The molecule has 2 fully saturated rings. The van der Waals surface area contributed by atoms with Gasteiger partial charge in [-0.25, -0.2) is 8.78 Å². The number of hydrogen-bond acceptors (Lipinski definition) is 2. The largest absolute Gasteiger partial charge is 0.396 e. The number of amides is 1. The average Bonchev–Trinajstić information content (AvgIpc) is 3.10. The number of carbonyl (C=O) groups is 1. The van der Waals surface area contributed by atoms with E-state index in [1.54, 1.807) is 11.0 Å². The molecule has 1 N–H and O–H groups in total. The summed E-state index contributed by atoms with van der Waals surface area (Å²) in [5.74, 6) is -1.57. The van der Waals surface area contributed by atoms with Gasteiger partial charge in [-0.2, -0.15) is 0 Å². The lowest BCUT2D eigenvalue weighted by atomic mass is 10.1. The lowest BCUT2D eigenvalue weighted by Gasteiger charge is -2.16. The maximum Gasteiger partial charge on any atom is 0.226 e. The molecule has 3 nitrogen and oxygen atoms in total. The molecule has 3 unspecified atom stereocenters. The van der Waals surface area contributed by atoms with Gasteiger partial charge >= 0.3 is 0 Å². The predicted octanol–water partition coefficient (Wildman–Crippen LogP) is 1.91. The van der Waals surface area contributed by atoms with Crippen LogP contribution in [0.3, 0.4) is 0 Å². The molecule has 20 heavy (non-hydrogen) atoms. The molecule has 1 aliphatic heterocycles. The first kappa shape index (κ1) is 13.5. The van der Waals surface area contributed by atoms with Crippen molar-refractivity contribution in [2.75, 3.05) is 19.7 Å². The molecule has 2 aliphatic rings. The van der Waals surface area contributed by atoms with Crippen LogP contribution >= 0.6 is 0 Å². The second-order valence-corrected chi connectivity index (χ2v) is 5.74. The lowest BCUT2D eigenvalue weighted by molar-refractivity contribution is -0.131. The van der Waals surface area contributed by atoms with Crippen LogP contribution < -0.4 is 0 Å². The molecule has 1 saturated carbocycles. The summed E-state index contributed by atoms with van der Waals surface area (Å²) in [5.41, 5.74) is 0.695. The Balaban J connectivity index is 1.64. The Kier molecular flexibility index (Phi) is 3.46. The van der Waals surface area contributed by atoms with Crippen LogP contribution in [-0.2, 0) is 4.79 Å². The summed E-state index contributed by atoms with van der Waals surface area (Å²) in [6, 6.07) is 3.85. The molecule has 1 aliphatic carbocycles. The van der Waals surface area contributed by atoms with Gasteiger partial charge in [0.15, 0.2) is 11.6 Å². The van der Waals surface area contributed by atoms with Gasteiger partial charge in [0.2, 0.25) is 5.91 Å². The van der Waals surface area contributed by atoms with E-state index in [2.05, 4.69) is 0 Å². The standard InChI is InChI=1S/C15H17F2NO2/c16-13-2-1-10(5-14(13)17)11-6-12(11)15(20)18-4-3-9(7-18)8-19/h1-2,5,9,11-12,19H,3-4,6-8H2. The zero-order chi connectivity index (χ0) is 14.3. The average molecular weight is 281 g/mol. The Bertz CT molecular complexity index is 535. The number of nitrogens with zero attached hydrogens (tertiary/aromatic N) is 1. The fourth-order valence-corrected chi connectivity index (χ4v) is 3.00. The van der Waals surface area contributed by atoms with Crippen molar-refractivity contribution in [2.24, 2.45) is 11.8 Å². The molecule has 3 atom stereocenters. The van der Waals surface area contributed by atoms with Crippen LogP contribution in [0.2, 0.25) is 0 Å². The summed E-state index contributed by atoms with van der Waals surface area (Å²) in [7, 11) is 0. The van der Waals surface area contributed by atoms with Crippen molar-refractivity contribution >= 4 is 5.91 Å². The number of rotatable bonds is 3. The van der Waals surface area contributed by atoms with Crippen LogP contribution in [0.5, 0.6) is 0 Å². The first-order valence-corrected chi connectivity index (χ1v) is 6.94. The van der Waals surface area contributed by atoms with Gasteiger partial charge in [-0.3, -0.25) is 4.79 Å². The minimum absolute atomic E-state index is 0.00535. The Morgan fingerprint density at radius 1 is 1.35 bits per heavy atom. The number of benzene rings is 1. The van der Waals surface area contributed by atoms with Crippen molar-refractivity contribution < 1.29 is 18.7 Å². The highest BCUT2D eigenvalue weighted by Crippen LogP contribution is 2.49. The molecule has 1 aromatic carbocycles. The monoisotopic (exact) mass is 281 g/mol. The molecule has 1 aromatic rings. The van der Waals surface area contributed by atoms with Crippen LogP contribution in [-0.4, -0.2) is 35.6 Å². The highest BCUT2D eigenvalue weighted by molar-refractivity contribution is 5.83. The van der Waals surface area contributed by atoms with Gasteiger partial charge in [-0.1, -0.05) is 6.07 Å². The predicted molar refractivity (Wildman–Crippen MR) is 69.0 cm³/mol. The van der Waals surface area contributed by atoms with E-state index >= 15 is 0 Å². The highest BCUT2D eigenvalue weighted by Gasteiger charge is 2.46. The van der Waals surface area contributed by atoms with Gasteiger partial charge in [-0.15, -0.1) is 0 Å². The first-order valence-electron chi connectivity index (χ1n) is 6.94. The number of hydrogen-bond donors (Lipinski definition) is 1. The molecule has 0 spiro atoms. The van der Waals surface area contributed by atoms with Crippen molar-refractivity contribution in [3.63, 3.8) is 0 Å². The van der Waals surface area contributed by atoms with Crippen LogP contribution in [0.25, 0.3) is 0 Å². The zero-order valence-electron chi connectivity index (χ0n) is 11.1. The number of aliphatic hydroxyl groups excluding tert-OH is 1. The Morgan fingerprint density at radius 3 is 2.80 bits per heavy atom. The molecule has 0 radical (unpaired) electrons. The Morgan fingerprint density at radius 2 is 2.15 bits per heavy atom. The van der Waals surface area contributed by atoms with Gasteiger partial charge in [0.25, 0.3) is 0 Å². The normalized spacial score (nSPS) is 28.8. The Labute approximate surface area is 116 Å². The molecule has 1 amide bonds. The van der Waals surface area contributed by atoms with E-state index in [1.165, 1.54) is 6.07 Å². The van der Waals surface area contributed by atoms with Crippen molar-refractivity contribution in [1.29, 1.82) is 0 Å². The number of halogens is 2. The van der Waals surface area contributed by atoms with Gasteiger partial charge in [0, 0.05) is 31.5 Å². The van der Waals surface area contributed by atoms with E-state index in [-0.39, 0.29) is 30.3 Å². The molecule has 0 bridgehead atoms. The second kappa shape index (κ2) is 5.13. The Hall–Kier alpha value is -1.49. The topological polar surface area (TPSA) is 40.5 Å². The van der Waals surface area contributed by atoms with E-state index in [0.29, 0.717) is 25.1 Å². The number of likely N-dealkylation sites (tertiary alicyclic amines) is 1. The molecular weight excluding hydrogens is 264 g/mol. The summed E-state index contributed by atoms with van der Waals surface area (Å²) in [6.07, 6.45) is 1.54. The van der Waals surface area contributed by atoms with E-state index in [1.807, 2.05) is 0 Å². The van der Waals surface area contributed by atoms with E-state index in [9.17, 15) is 13.6 Å². The van der Waals surface area contributed by atoms with Gasteiger partial charge in [0.05, 0.1) is 0 Å². The lowest BCUT2D eigenvalue weighted by Crippen LogP contribution is -2.30. The maximum atomic E-state index is 13.2. The van der Waals surface area contributed by atoms with Crippen molar-refractivity contribution in [2.45, 2.75) is 18.8 Å². The molecular formula is C15H17F2NO2. The summed E-state index contributed by atoms with van der Waals surface area (Å²) in [6.45, 7) is 1.41. The fourth-order valence-electron chi connectivity index (χ4n) is 3.00. The van der Waals surface area contributed by atoms with Crippen molar-refractivity contribution in [1.82, 2.24) is 4.90 Å². The maximum absolute atomic E-state index is 13.2. The molecule has 0 aromatic heterocycles. The van der Waals surface area contributed by atoms with E-state index in [4.69, 9.17) is 5.11 Å². The third-order valence-corrected chi connectivity index (χ3v) is 4.34. The van der Waals surface area contributed by atoms with Crippen LogP contribution in [0.1, 0.15) is 24.3 Å². The van der Waals surface area contributed by atoms with Gasteiger partial charge in [-0.05, 0) is 36.5 Å². The minimum atomic E-state index is -0.859. The molecule has 3 rings (SSSR count). The molecule has 1 heterocycles. The second-order valence-electron chi connectivity index (χ2n) is 5.74. The molecule has 108 valence electrons. The summed E-state index contributed by atoms with van der Waals surface area (Å²) >= 11 is 0. The van der Waals surface area contributed by atoms with Gasteiger partial charge in [0.1, 0.15) is 0 Å². The van der Waals surface area contributed by atoms with Gasteiger partial charge < -0.3 is 10.0 Å². The third kappa shape index (κ3) is 2.42. The summed E-state index contributed by atoms with van der Waals surface area (Å²) < 4.78 is 26.1. The number of aliphatic hydroxyl groups is 1. The first-order chi connectivity index (χ1) is 9.60. The highest BCUT2D eigenvalue weighted by atomic mass is 19.2. The quantitative estimate of drug-likeness (QED) is 0.919. The van der Waals surface area contributed by atoms with Crippen molar-refractivity contribution in [3.8, 4) is 0 Å². The van der Waals surface area contributed by atoms with Crippen LogP contribution in [0.15, 0.2) is 18.2 Å². The van der Waals surface area contributed by atoms with E-state index in [0.717, 1.165) is 12.5 Å². The summed E-state index contributed by atoms with van der Waals surface area (Å²) in [4.78, 5) is 14.1. The zero-order valence-corrected chi connectivity index (χ0v) is 11.1. The molecule has 5 heteroatoms. The minimum Gasteiger partial charge on any atom is -0.396 e. The van der Waals surface area contributed by atoms with Crippen LogP contribution in [0, 0.1) is 23.5 Å². The third-order valence-electron chi connectivity index (χ3n) is 4.34. The van der Waals surface area contributed by atoms with Crippen LogP contribution in [0.4, 0.5) is 8.78 Å². The van der Waals surface area contributed by atoms with Crippen molar-refractivity contribution in [3.05, 3.63) is 35.4 Å². The number of carbonyl (C=O) groups excluding carboxylic acids is 1.